The van der Waals surface area contributed by atoms with Crippen molar-refractivity contribution in [3.05, 3.63) is 29.6 Å². The van der Waals surface area contributed by atoms with Gasteiger partial charge >= 0.3 is 0 Å². The molecular weight excluding hydrogens is 229 g/mol. The molecule has 1 aromatic carbocycles. The molecule has 1 aliphatic rings. The third-order valence-electron chi connectivity index (χ3n) is 3.73. The van der Waals surface area contributed by atoms with Gasteiger partial charge in [0, 0.05) is 12.1 Å². The molecule has 2 unspecified atom stereocenters. The van der Waals surface area contributed by atoms with Gasteiger partial charge in [-0.1, -0.05) is 19.1 Å². The molecule has 2 rings (SSSR count). The van der Waals surface area contributed by atoms with E-state index >= 15 is 0 Å². The molecule has 1 fully saturated rings. The number of nitrogens with one attached hydrogen (secondary N) is 1. The van der Waals surface area contributed by atoms with Gasteiger partial charge in [-0.15, -0.1) is 0 Å². The molecule has 0 aromatic heterocycles. The number of ether oxygens (including phenoxy) is 1. The van der Waals surface area contributed by atoms with Crippen LogP contribution in [-0.4, -0.2) is 19.2 Å². The average Bonchev–Trinajstić information content (AvgIpc) is 3.15. The van der Waals surface area contributed by atoms with Crippen LogP contribution < -0.4 is 10.1 Å². The Morgan fingerprint density at radius 2 is 2.11 bits per heavy atom. The van der Waals surface area contributed by atoms with E-state index in [2.05, 4.69) is 19.2 Å². The van der Waals surface area contributed by atoms with E-state index in [0.717, 1.165) is 12.0 Å². The normalized spacial score (nSPS) is 18.4. The van der Waals surface area contributed by atoms with Crippen LogP contribution in [0.25, 0.3) is 0 Å². The molecule has 2 atom stereocenters. The number of benzene rings is 1. The second kappa shape index (κ2) is 5.70. The first-order valence-corrected chi connectivity index (χ1v) is 6.69. The maximum absolute atomic E-state index is 14.0. The molecule has 0 saturated heterocycles. The molecular formula is C15H22FNO. The Kier molecular flexibility index (Phi) is 4.23. The Morgan fingerprint density at radius 3 is 2.72 bits per heavy atom. The maximum Gasteiger partial charge on any atom is 0.168 e. The van der Waals surface area contributed by atoms with Gasteiger partial charge in [-0.05, 0) is 43.7 Å². The van der Waals surface area contributed by atoms with Gasteiger partial charge in [0.2, 0.25) is 0 Å². The first-order valence-electron chi connectivity index (χ1n) is 6.69. The van der Waals surface area contributed by atoms with Gasteiger partial charge in [-0.3, -0.25) is 0 Å². The van der Waals surface area contributed by atoms with Gasteiger partial charge in [0.15, 0.2) is 11.6 Å². The van der Waals surface area contributed by atoms with E-state index in [4.69, 9.17) is 4.74 Å². The van der Waals surface area contributed by atoms with Crippen molar-refractivity contribution < 1.29 is 9.13 Å². The quantitative estimate of drug-likeness (QED) is 0.838. The fraction of sp³-hybridized carbons (Fsp3) is 0.600. The Balaban J connectivity index is 1.98. The highest BCUT2D eigenvalue weighted by Gasteiger charge is 2.25. The molecule has 0 bridgehead atoms. The van der Waals surface area contributed by atoms with Crippen LogP contribution in [0.1, 0.15) is 32.3 Å². The molecule has 1 aromatic rings. The van der Waals surface area contributed by atoms with Crippen molar-refractivity contribution >= 4 is 0 Å². The Morgan fingerprint density at radius 1 is 1.39 bits per heavy atom. The molecule has 100 valence electrons. The van der Waals surface area contributed by atoms with Gasteiger partial charge in [-0.25, -0.2) is 4.39 Å². The minimum atomic E-state index is -0.217. The molecule has 1 N–H and O–H groups in total. The molecule has 1 aliphatic carbocycles. The third-order valence-corrected chi connectivity index (χ3v) is 3.73. The van der Waals surface area contributed by atoms with Crippen molar-refractivity contribution in [1.82, 2.24) is 5.32 Å². The summed E-state index contributed by atoms with van der Waals surface area (Å²) in [5.41, 5.74) is 0.742. The van der Waals surface area contributed by atoms with E-state index in [1.165, 1.54) is 20.0 Å². The first kappa shape index (κ1) is 13.3. The minimum Gasteiger partial charge on any atom is -0.494 e. The summed E-state index contributed by atoms with van der Waals surface area (Å²) in [7, 11) is 1.50. The van der Waals surface area contributed by atoms with Gasteiger partial charge in [0.25, 0.3) is 0 Å². The van der Waals surface area contributed by atoms with E-state index in [9.17, 15) is 4.39 Å². The van der Waals surface area contributed by atoms with E-state index < -0.39 is 0 Å². The summed E-state index contributed by atoms with van der Waals surface area (Å²) in [6.45, 7) is 4.35. The lowest BCUT2D eigenvalue weighted by Crippen LogP contribution is -2.34. The molecule has 0 heterocycles. The minimum absolute atomic E-state index is 0.217. The van der Waals surface area contributed by atoms with E-state index in [1.807, 2.05) is 12.1 Å². The summed E-state index contributed by atoms with van der Waals surface area (Å²) in [6, 6.07) is 6.47. The van der Waals surface area contributed by atoms with Crippen molar-refractivity contribution in [2.45, 2.75) is 45.2 Å². The van der Waals surface area contributed by atoms with Crippen LogP contribution in [0.3, 0.4) is 0 Å². The Hall–Kier alpha value is -1.09. The lowest BCUT2D eigenvalue weighted by molar-refractivity contribution is 0.371. The molecule has 18 heavy (non-hydrogen) atoms. The van der Waals surface area contributed by atoms with Crippen molar-refractivity contribution in [3.8, 4) is 5.75 Å². The highest BCUT2D eigenvalue weighted by atomic mass is 19.1. The topological polar surface area (TPSA) is 21.3 Å². The van der Waals surface area contributed by atoms with Crippen molar-refractivity contribution in [2.24, 2.45) is 5.92 Å². The van der Waals surface area contributed by atoms with Crippen molar-refractivity contribution in [1.29, 1.82) is 0 Å². The average molecular weight is 251 g/mol. The second-order valence-corrected chi connectivity index (χ2v) is 5.34. The smallest absolute Gasteiger partial charge is 0.168 e. The van der Waals surface area contributed by atoms with Crippen LogP contribution in [0.5, 0.6) is 5.75 Å². The lowest BCUT2D eigenvalue weighted by atomic mass is 9.94. The largest absolute Gasteiger partial charge is 0.494 e. The summed E-state index contributed by atoms with van der Waals surface area (Å²) < 4.78 is 19.0. The second-order valence-electron chi connectivity index (χ2n) is 5.34. The Bertz CT molecular complexity index is 403. The van der Waals surface area contributed by atoms with Gasteiger partial charge < -0.3 is 10.1 Å². The summed E-state index contributed by atoms with van der Waals surface area (Å²) in [6.07, 6.45) is 3.30. The van der Waals surface area contributed by atoms with E-state index in [-0.39, 0.29) is 5.82 Å². The van der Waals surface area contributed by atoms with Crippen LogP contribution in [-0.2, 0) is 6.42 Å². The molecule has 0 amide bonds. The van der Waals surface area contributed by atoms with Gasteiger partial charge in [0.05, 0.1) is 7.11 Å². The lowest BCUT2D eigenvalue weighted by Gasteiger charge is -2.21. The summed E-state index contributed by atoms with van der Waals surface area (Å²) in [4.78, 5) is 0. The number of halogens is 1. The van der Waals surface area contributed by atoms with Crippen LogP contribution in [0.15, 0.2) is 18.2 Å². The molecule has 3 heteroatoms. The van der Waals surface area contributed by atoms with Crippen LogP contribution in [0.2, 0.25) is 0 Å². The molecule has 2 nitrogen and oxygen atoms in total. The molecule has 0 radical (unpaired) electrons. The first-order chi connectivity index (χ1) is 8.61. The third kappa shape index (κ3) is 3.22. The fourth-order valence-electron chi connectivity index (χ4n) is 2.18. The highest BCUT2D eigenvalue weighted by molar-refractivity contribution is 5.31. The summed E-state index contributed by atoms with van der Waals surface area (Å²) in [5, 5.41) is 3.57. The standard InChI is InChI=1S/C15H22FNO/c1-10(11(2)17-13-7-8-13)9-12-5-4-6-14(18-3)15(12)16/h4-6,10-11,13,17H,7-9H2,1-3H3. The number of hydrogen-bond acceptors (Lipinski definition) is 2. The van der Waals surface area contributed by atoms with E-state index in [1.54, 1.807) is 6.07 Å². The zero-order valence-corrected chi connectivity index (χ0v) is 11.4. The monoisotopic (exact) mass is 251 g/mol. The van der Waals surface area contributed by atoms with Crippen molar-refractivity contribution in [3.63, 3.8) is 0 Å². The van der Waals surface area contributed by atoms with Gasteiger partial charge in [-0.2, -0.15) is 0 Å². The van der Waals surface area contributed by atoms with E-state index in [0.29, 0.717) is 23.8 Å². The van der Waals surface area contributed by atoms with Gasteiger partial charge in [0.1, 0.15) is 0 Å². The Labute approximate surface area is 109 Å². The number of methoxy groups -OCH3 is 1. The van der Waals surface area contributed by atoms with Crippen LogP contribution in [0, 0.1) is 11.7 Å². The predicted molar refractivity (Wildman–Crippen MR) is 71.4 cm³/mol. The zero-order chi connectivity index (χ0) is 13.1. The van der Waals surface area contributed by atoms with Crippen LogP contribution >= 0.6 is 0 Å². The number of rotatable bonds is 6. The predicted octanol–water partition coefficient (Wildman–Crippen LogP) is 3.15. The summed E-state index contributed by atoms with van der Waals surface area (Å²) in [5.74, 6) is 0.528. The zero-order valence-electron chi connectivity index (χ0n) is 11.4. The van der Waals surface area contributed by atoms with Crippen molar-refractivity contribution in [2.75, 3.05) is 7.11 Å². The molecule has 1 saturated carbocycles. The SMILES string of the molecule is COc1cccc(CC(C)C(C)NC2CC2)c1F. The fourth-order valence-corrected chi connectivity index (χ4v) is 2.18. The summed E-state index contributed by atoms with van der Waals surface area (Å²) >= 11 is 0. The number of hydrogen-bond donors (Lipinski definition) is 1. The molecule has 0 spiro atoms. The maximum atomic E-state index is 14.0. The highest BCUT2D eigenvalue weighted by Crippen LogP contribution is 2.25. The molecule has 0 aliphatic heterocycles. The van der Waals surface area contributed by atoms with Crippen LogP contribution in [0.4, 0.5) is 4.39 Å².